The highest BCUT2D eigenvalue weighted by atomic mass is 16.3. The number of benzene rings is 2. The highest BCUT2D eigenvalue weighted by molar-refractivity contribution is 5.77. The highest BCUT2D eigenvalue weighted by Crippen LogP contribution is 2.34. The molecule has 23 heavy (non-hydrogen) atoms. The van der Waals surface area contributed by atoms with Gasteiger partial charge in [-0.15, -0.1) is 0 Å². The minimum atomic E-state index is -0.544. The first kappa shape index (κ1) is 15.8. The Morgan fingerprint density at radius 2 is 1.87 bits per heavy atom. The fourth-order valence-electron chi connectivity index (χ4n) is 3.34. The number of fused-ring (bicyclic) bond motifs is 1. The minimum Gasteiger partial charge on any atom is -0.391 e. The second-order valence-corrected chi connectivity index (χ2v) is 6.29. The van der Waals surface area contributed by atoms with Gasteiger partial charge < -0.3 is 10.4 Å². The van der Waals surface area contributed by atoms with Crippen LogP contribution in [0, 0.1) is 0 Å². The van der Waals surface area contributed by atoms with Crippen molar-refractivity contribution in [3.05, 3.63) is 71.3 Å². The number of rotatable bonds is 6. The van der Waals surface area contributed by atoms with Gasteiger partial charge in [-0.05, 0) is 35.4 Å². The van der Waals surface area contributed by atoms with Crippen LogP contribution in [-0.2, 0) is 17.6 Å². The summed E-state index contributed by atoms with van der Waals surface area (Å²) >= 11 is 0. The maximum absolute atomic E-state index is 12.1. The average molecular weight is 309 g/mol. The molecule has 0 heterocycles. The van der Waals surface area contributed by atoms with Gasteiger partial charge in [0.1, 0.15) is 0 Å². The van der Waals surface area contributed by atoms with E-state index in [1.165, 1.54) is 11.1 Å². The summed E-state index contributed by atoms with van der Waals surface area (Å²) in [5.74, 6) is 0.344. The zero-order valence-corrected chi connectivity index (χ0v) is 13.2. The molecule has 0 saturated carbocycles. The van der Waals surface area contributed by atoms with Gasteiger partial charge in [0.25, 0.3) is 0 Å². The maximum Gasteiger partial charge on any atom is 0.220 e. The summed E-state index contributed by atoms with van der Waals surface area (Å²) in [6.07, 6.45) is 2.63. The van der Waals surface area contributed by atoms with Gasteiger partial charge in [-0.1, -0.05) is 54.6 Å². The molecule has 0 aliphatic heterocycles. The summed E-state index contributed by atoms with van der Waals surface area (Å²) in [5, 5.41) is 12.9. The quantitative estimate of drug-likeness (QED) is 0.862. The molecule has 1 aliphatic carbocycles. The molecule has 2 atom stereocenters. The lowest BCUT2D eigenvalue weighted by molar-refractivity contribution is -0.121. The summed E-state index contributed by atoms with van der Waals surface area (Å²) in [6.45, 7) is 0.308. The van der Waals surface area contributed by atoms with E-state index in [0.29, 0.717) is 25.3 Å². The lowest BCUT2D eigenvalue weighted by Gasteiger charge is -2.14. The molecule has 0 radical (unpaired) electrons. The number of aliphatic hydroxyl groups is 1. The van der Waals surface area contributed by atoms with Gasteiger partial charge in [-0.25, -0.2) is 0 Å². The number of hydrogen-bond donors (Lipinski definition) is 2. The summed E-state index contributed by atoms with van der Waals surface area (Å²) in [7, 11) is 0. The van der Waals surface area contributed by atoms with Crippen molar-refractivity contribution < 1.29 is 9.90 Å². The number of carbonyl (C=O) groups is 1. The summed E-state index contributed by atoms with van der Waals surface area (Å²) in [5.41, 5.74) is 3.76. The van der Waals surface area contributed by atoms with Crippen LogP contribution in [0.3, 0.4) is 0 Å². The molecule has 1 aliphatic rings. The third kappa shape index (κ3) is 4.20. The Hall–Kier alpha value is -2.13. The van der Waals surface area contributed by atoms with Crippen molar-refractivity contribution >= 4 is 5.91 Å². The Kier molecular flexibility index (Phi) is 5.09. The van der Waals surface area contributed by atoms with E-state index in [-0.39, 0.29) is 5.91 Å². The standard InChI is InChI=1S/C20H23NO2/c22-18(12-15-6-2-1-3-7-15)14-21-20(23)13-17-11-10-16-8-4-5-9-19(16)17/h1-9,17-18,22H,10-14H2,(H,21,23). The van der Waals surface area contributed by atoms with Crippen LogP contribution in [0.25, 0.3) is 0 Å². The maximum atomic E-state index is 12.1. The molecular weight excluding hydrogens is 286 g/mol. The van der Waals surface area contributed by atoms with Gasteiger partial charge in [0.05, 0.1) is 6.10 Å². The number of aliphatic hydroxyl groups excluding tert-OH is 1. The van der Waals surface area contributed by atoms with Gasteiger partial charge >= 0.3 is 0 Å². The van der Waals surface area contributed by atoms with E-state index in [4.69, 9.17) is 0 Å². The first-order valence-electron chi connectivity index (χ1n) is 8.29. The zero-order chi connectivity index (χ0) is 16.1. The van der Waals surface area contributed by atoms with E-state index in [2.05, 4.69) is 23.5 Å². The van der Waals surface area contributed by atoms with Gasteiger partial charge in [0.2, 0.25) is 5.91 Å². The van der Waals surface area contributed by atoms with Crippen LogP contribution in [0.15, 0.2) is 54.6 Å². The van der Waals surface area contributed by atoms with Crippen molar-refractivity contribution in [2.75, 3.05) is 6.54 Å². The minimum absolute atomic E-state index is 0.0267. The molecule has 2 aromatic carbocycles. The number of amides is 1. The van der Waals surface area contributed by atoms with Crippen LogP contribution in [0.1, 0.15) is 35.4 Å². The van der Waals surface area contributed by atoms with E-state index >= 15 is 0 Å². The van der Waals surface area contributed by atoms with Crippen LogP contribution in [0.4, 0.5) is 0 Å². The SMILES string of the molecule is O=C(CC1CCc2ccccc21)NCC(O)Cc1ccccc1. The number of nitrogens with one attached hydrogen (secondary N) is 1. The van der Waals surface area contributed by atoms with Gasteiger partial charge in [-0.3, -0.25) is 4.79 Å². The van der Waals surface area contributed by atoms with E-state index in [0.717, 1.165) is 18.4 Å². The lowest BCUT2D eigenvalue weighted by atomic mass is 9.97. The van der Waals surface area contributed by atoms with Crippen molar-refractivity contribution in [1.82, 2.24) is 5.32 Å². The summed E-state index contributed by atoms with van der Waals surface area (Å²) < 4.78 is 0. The fourth-order valence-corrected chi connectivity index (χ4v) is 3.34. The molecule has 120 valence electrons. The van der Waals surface area contributed by atoms with Crippen molar-refractivity contribution in [3.63, 3.8) is 0 Å². The molecule has 0 bridgehead atoms. The van der Waals surface area contributed by atoms with Gasteiger partial charge in [-0.2, -0.15) is 0 Å². The monoisotopic (exact) mass is 309 g/mol. The Bertz CT molecular complexity index is 654. The second kappa shape index (κ2) is 7.42. The molecule has 2 unspecified atom stereocenters. The van der Waals surface area contributed by atoms with Gasteiger partial charge in [0, 0.05) is 19.4 Å². The van der Waals surface area contributed by atoms with E-state index in [9.17, 15) is 9.90 Å². The van der Waals surface area contributed by atoms with Crippen LogP contribution in [0.2, 0.25) is 0 Å². The first-order valence-corrected chi connectivity index (χ1v) is 8.29. The van der Waals surface area contributed by atoms with Crippen LogP contribution >= 0.6 is 0 Å². The van der Waals surface area contributed by atoms with Crippen molar-refractivity contribution in [2.24, 2.45) is 0 Å². The van der Waals surface area contributed by atoms with Crippen LogP contribution in [-0.4, -0.2) is 23.7 Å². The van der Waals surface area contributed by atoms with Crippen LogP contribution in [0.5, 0.6) is 0 Å². The molecule has 3 rings (SSSR count). The molecule has 3 nitrogen and oxygen atoms in total. The Balaban J connectivity index is 1.45. The van der Waals surface area contributed by atoms with Crippen LogP contribution < -0.4 is 5.32 Å². The predicted octanol–water partition coefficient (Wildman–Crippen LogP) is 2.83. The zero-order valence-electron chi connectivity index (χ0n) is 13.2. The van der Waals surface area contributed by atoms with E-state index in [1.54, 1.807) is 0 Å². The second-order valence-electron chi connectivity index (χ2n) is 6.29. The van der Waals surface area contributed by atoms with Crippen molar-refractivity contribution in [1.29, 1.82) is 0 Å². The molecule has 0 fully saturated rings. The molecule has 0 saturated heterocycles. The molecule has 0 aromatic heterocycles. The molecule has 3 heteroatoms. The number of aryl methyl sites for hydroxylation is 1. The predicted molar refractivity (Wildman–Crippen MR) is 91.3 cm³/mol. The molecule has 0 spiro atoms. The Morgan fingerprint density at radius 3 is 2.70 bits per heavy atom. The average Bonchev–Trinajstić information content (AvgIpc) is 2.97. The molecule has 1 amide bonds. The largest absolute Gasteiger partial charge is 0.391 e. The third-order valence-corrected chi connectivity index (χ3v) is 4.54. The van der Waals surface area contributed by atoms with E-state index in [1.807, 2.05) is 36.4 Å². The molecule has 2 N–H and O–H groups in total. The molecule has 2 aromatic rings. The summed E-state index contributed by atoms with van der Waals surface area (Å²) in [4.78, 5) is 12.1. The van der Waals surface area contributed by atoms with Crippen molar-refractivity contribution in [2.45, 2.75) is 37.7 Å². The topological polar surface area (TPSA) is 49.3 Å². The smallest absolute Gasteiger partial charge is 0.220 e. The number of hydrogen-bond acceptors (Lipinski definition) is 2. The normalized spacial score (nSPS) is 17.5. The summed E-state index contributed by atoms with van der Waals surface area (Å²) in [6, 6.07) is 18.2. The Labute approximate surface area is 137 Å². The first-order chi connectivity index (χ1) is 11.2. The lowest BCUT2D eigenvalue weighted by Crippen LogP contribution is -2.33. The van der Waals surface area contributed by atoms with E-state index < -0.39 is 6.10 Å². The molecular formula is C20H23NO2. The van der Waals surface area contributed by atoms with Crippen molar-refractivity contribution in [3.8, 4) is 0 Å². The number of carbonyl (C=O) groups excluding carboxylic acids is 1. The third-order valence-electron chi connectivity index (χ3n) is 4.54. The fraction of sp³-hybridized carbons (Fsp3) is 0.350. The Morgan fingerprint density at radius 1 is 1.13 bits per heavy atom. The van der Waals surface area contributed by atoms with Gasteiger partial charge in [0.15, 0.2) is 0 Å². The highest BCUT2D eigenvalue weighted by Gasteiger charge is 2.24.